The molecule has 1 aromatic rings. The maximum absolute atomic E-state index is 6.10. The van der Waals surface area contributed by atoms with Crippen LogP contribution in [0, 0.1) is 0 Å². The topological polar surface area (TPSA) is 33.7 Å². The van der Waals surface area contributed by atoms with Crippen molar-refractivity contribution in [1.29, 1.82) is 0 Å². The smallest absolute Gasteiger partial charge is 0.120 e. The van der Waals surface area contributed by atoms with Gasteiger partial charge in [0.25, 0.3) is 0 Å². The van der Waals surface area contributed by atoms with Gasteiger partial charge in [-0.2, -0.15) is 0 Å². The molecular formula is C20H30N2O2. The zero-order valence-electron chi connectivity index (χ0n) is 14.6. The first-order valence-electron chi connectivity index (χ1n) is 9.69. The van der Waals surface area contributed by atoms with Crippen molar-refractivity contribution in [2.75, 3.05) is 26.2 Å². The Morgan fingerprint density at radius 1 is 1.17 bits per heavy atom. The molecule has 1 unspecified atom stereocenters. The van der Waals surface area contributed by atoms with Crippen LogP contribution in [0.4, 0.5) is 0 Å². The molecule has 0 aromatic heterocycles. The van der Waals surface area contributed by atoms with Crippen LogP contribution in [-0.2, 0) is 11.3 Å². The van der Waals surface area contributed by atoms with E-state index in [0.29, 0.717) is 12.2 Å². The monoisotopic (exact) mass is 330 g/mol. The van der Waals surface area contributed by atoms with E-state index in [1.54, 1.807) is 0 Å². The predicted octanol–water partition coefficient (Wildman–Crippen LogP) is 2.96. The lowest BCUT2D eigenvalue weighted by atomic mass is 10.2. The molecule has 0 radical (unpaired) electrons. The van der Waals surface area contributed by atoms with Crippen LogP contribution >= 0.6 is 0 Å². The zero-order valence-corrected chi connectivity index (χ0v) is 14.6. The molecule has 4 rings (SSSR count). The van der Waals surface area contributed by atoms with Crippen LogP contribution in [0.3, 0.4) is 0 Å². The Morgan fingerprint density at radius 2 is 2.04 bits per heavy atom. The van der Waals surface area contributed by atoms with E-state index in [9.17, 15) is 0 Å². The molecule has 0 bridgehead atoms. The average molecular weight is 330 g/mol. The van der Waals surface area contributed by atoms with Crippen molar-refractivity contribution in [3.63, 3.8) is 0 Å². The Balaban J connectivity index is 1.22. The number of hydrogen-bond donors (Lipinski definition) is 1. The lowest BCUT2D eigenvalue weighted by Gasteiger charge is -2.33. The van der Waals surface area contributed by atoms with Gasteiger partial charge in [0.1, 0.15) is 5.75 Å². The lowest BCUT2D eigenvalue weighted by Crippen LogP contribution is -2.47. The summed E-state index contributed by atoms with van der Waals surface area (Å²) < 4.78 is 12.0. The van der Waals surface area contributed by atoms with Gasteiger partial charge >= 0.3 is 0 Å². The highest BCUT2D eigenvalue weighted by atomic mass is 16.5. The molecule has 3 fully saturated rings. The third kappa shape index (κ3) is 4.50. The fourth-order valence-electron chi connectivity index (χ4n) is 3.94. The number of morpholine rings is 1. The first-order chi connectivity index (χ1) is 11.9. The number of benzene rings is 1. The second-order valence-corrected chi connectivity index (χ2v) is 7.52. The fourth-order valence-corrected chi connectivity index (χ4v) is 3.94. The van der Waals surface area contributed by atoms with Crippen LogP contribution in [0.1, 0.15) is 44.1 Å². The van der Waals surface area contributed by atoms with Gasteiger partial charge in [-0.3, -0.25) is 4.90 Å². The molecule has 4 nitrogen and oxygen atoms in total. The maximum atomic E-state index is 6.10. The molecule has 1 N–H and O–H groups in total. The Bertz CT molecular complexity index is 526. The molecule has 0 spiro atoms. The molecular weight excluding hydrogens is 300 g/mol. The maximum Gasteiger partial charge on any atom is 0.120 e. The van der Waals surface area contributed by atoms with Crippen molar-refractivity contribution in [2.24, 2.45) is 0 Å². The van der Waals surface area contributed by atoms with Gasteiger partial charge in [-0.05, 0) is 56.2 Å². The van der Waals surface area contributed by atoms with E-state index in [2.05, 4.69) is 34.5 Å². The molecule has 0 amide bonds. The largest absolute Gasteiger partial charge is 0.490 e. The Hall–Kier alpha value is -1.10. The van der Waals surface area contributed by atoms with Crippen LogP contribution in [0.25, 0.3) is 0 Å². The van der Waals surface area contributed by atoms with E-state index in [4.69, 9.17) is 9.47 Å². The summed E-state index contributed by atoms with van der Waals surface area (Å²) >= 11 is 0. The van der Waals surface area contributed by atoms with Gasteiger partial charge in [0.2, 0.25) is 0 Å². The van der Waals surface area contributed by atoms with Crippen molar-refractivity contribution in [3.8, 4) is 5.75 Å². The van der Waals surface area contributed by atoms with Crippen molar-refractivity contribution >= 4 is 0 Å². The van der Waals surface area contributed by atoms with Gasteiger partial charge in [-0.25, -0.2) is 0 Å². The molecule has 4 heteroatoms. The molecule has 1 aliphatic heterocycles. The highest BCUT2D eigenvalue weighted by Gasteiger charge is 2.32. The third-order valence-corrected chi connectivity index (χ3v) is 5.44. The Morgan fingerprint density at radius 3 is 2.88 bits per heavy atom. The normalized spacial score (nSPS) is 25.9. The quantitative estimate of drug-likeness (QED) is 0.833. The van der Waals surface area contributed by atoms with Crippen LogP contribution in [0.5, 0.6) is 5.75 Å². The van der Waals surface area contributed by atoms with E-state index < -0.39 is 0 Å². The van der Waals surface area contributed by atoms with E-state index >= 15 is 0 Å². The summed E-state index contributed by atoms with van der Waals surface area (Å²) in [7, 11) is 0. The fraction of sp³-hybridized carbons (Fsp3) is 0.700. The second kappa shape index (κ2) is 7.85. The number of rotatable bonds is 7. The highest BCUT2D eigenvalue weighted by molar-refractivity contribution is 5.28. The summed E-state index contributed by atoms with van der Waals surface area (Å²) in [5, 5.41) is 3.56. The molecule has 3 aliphatic rings. The standard InChI is InChI=1S/C20H30N2O2/c1-2-6-18(5-1)24-19-7-3-4-16(12-19)13-21-14-20-15-22(10-11-23-20)17-8-9-17/h3-4,7,12,17-18,20-21H,1-2,5-6,8-11,13-15H2. The average Bonchev–Trinajstić information content (AvgIpc) is 3.34. The van der Waals surface area contributed by atoms with Gasteiger partial charge in [0.05, 0.1) is 18.8 Å². The Labute approximate surface area is 145 Å². The van der Waals surface area contributed by atoms with Crippen molar-refractivity contribution in [1.82, 2.24) is 10.2 Å². The van der Waals surface area contributed by atoms with Gasteiger partial charge in [-0.1, -0.05) is 12.1 Å². The summed E-state index contributed by atoms with van der Waals surface area (Å²) in [4.78, 5) is 2.60. The summed E-state index contributed by atoms with van der Waals surface area (Å²) in [5.41, 5.74) is 1.29. The van der Waals surface area contributed by atoms with Crippen LogP contribution in [0.2, 0.25) is 0 Å². The number of nitrogens with zero attached hydrogens (tertiary/aromatic N) is 1. The van der Waals surface area contributed by atoms with Gasteiger partial charge in [0.15, 0.2) is 0 Å². The third-order valence-electron chi connectivity index (χ3n) is 5.44. The zero-order chi connectivity index (χ0) is 16.2. The highest BCUT2D eigenvalue weighted by Crippen LogP contribution is 2.28. The predicted molar refractivity (Wildman–Crippen MR) is 95.4 cm³/mol. The molecule has 132 valence electrons. The summed E-state index contributed by atoms with van der Waals surface area (Å²) in [6.07, 6.45) is 8.56. The van der Waals surface area contributed by atoms with E-state index in [-0.39, 0.29) is 0 Å². The minimum Gasteiger partial charge on any atom is -0.490 e. The molecule has 2 aliphatic carbocycles. The first-order valence-corrected chi connectivity index (χ1v) is 9.69. The molecule has 1 saturated heterocycles. The number of ether oxygens (including phenoxy) is 2. The molecule has 1 aromatic carbocycles. The number of hydrogen-bond acceptors (Lipinski definition) is 4. The summed E-state index contributed by atoms with van der Waals surface area (Å²) in [6.45, 7) is 4.89. The molecule has 24 heavy (non-hydrogen) atoms. The molecule has 1 atom stereocenters. The van der Waals surface area contributed by atoms with Gasteiger partial charge < -0.3 is 14.8 Å². The SMILES string of the molecule is c1cc(CNCC2CN(C3CC3)CCO2)cc(OC2CCCC2)c1. The van der Waals surface area contributed by atoms with E-state index in [0.717, 1.165) is 44.6 Å². The minimum atomic E-state index is 0.331. The Kier molecular flexibility index (Phi) is 5.36. The lowest BCUT2D eigenvalue weighted by molar-refractivity contribution is -0.0301. The molecule has 2 saturated carbocycles. The van der Waals surface area contributed by atoms with Crippen molar-refractivity contribution in [3.05, 3.63) is 29.8 Å². The van der Waals surface area contributed by atoms with Gasteiger partial charge in [0, 0.05) is 32.2 Å². The van der Waals surface area contributed by atoms with Crippen molar-refractivity contribution in [2.45, 2.75) is 63.3 Å². The first kappa shape index (κ1) is 16.4. The van der Waals surface area contributed by atoms with E-state index in [1.807, 2.05) is 0 Å². The van der Waals surface area contributed by atoms with E-state index in [1.165, 1.54) is 44.1 Å². The van der Waals surface area contributed by atoms with Crippen LogP contribution in [0.15, 0.2) is 24.3 Å². The summed E-state index contributed by atoms with van der Waals surface area (Å²) in [6, 6.07) is 9.39. The van der Waals surface area contributed by atoms with Crippen molar-refractivity contribution < 1.29 is 9.47 Å². The number of nitrogens with one attached hydrogen (secondary N) is 1. The van der Waals surface area contributed by atoms with Gasteiger partial charge in [-0.15, -0.1) is 0 Å². The second-order valence-electron chi connectivity index (χ2n) is 7.52. The molecule has 1 heterocycles. The minimum absolute atomic E-state index is 0.331. The summed E-state index contributed by atoms with van der Waals surface area (Å²) in [5.74, 6) is 1.02. The van der Waals surface area contributed by atoms with Crippen LogP contribution in [-0.4, -0.2) is 49.4 Å². The van der Waals surface area contributed by atoms with Crippen LogP contribution < -0.4 is 10.1 Å².